The van der Waals surface area contributed by atoms with E-state index in [4.69, 9.17) is 5.11 Å². The molecule has 0 saturated carbocycles. The summed E-state index contributed by atoms with van der Waals surface area (Å²) in [4.78, 5) is 10.4. The Balaban J connectivity index is 2.56. The van der Waals surface area contributed by atoms with Gasteiger partial charge in [0.2, 0.25) is 10.0 Å². The van der Waals surface area contributed by atoms with Crippen molar-refractivity contribution in [3.05, 3.63) is 0 Å². The van der Waals surface area contributed by atoms with Gasteiger partial charge in [0.1, 0.15) is 0 Å². The minimum Gasteiger partial charge on any atom is -0.481 e. The number of aliphatic carboxylic acids is 1. The molecule has 1 unspecified atom stereocenters. The second-order valence-corrected chi connectivity index (χ2v) is 5.35. The molecule has 1 aliphatic heterocycles. The van der Waals surface area contributed by atoms with E-state index < -0.39 is 16.0 Å². The number of piperazine rings is 1. The molecular weight excluding hydrogens is 208 g/mol. The van der Waals surface area contributed by atoms with E-state index in [1.807, 2.05) is 0 Å². The average molecular weight is 222 g/mol. The topological polar surface area (TPSA) is 86.7 Å². The summed E-state index contributed by atoms with van der Waals surface area (Å²) in [7, 11) is -3.19. The van der Waals surface area contributed by atoms with E-state index in [-0.39, 0.29) is 19.0 Å². The standard InChI is InChI=1S/C7H14N2O4S/c1-14(12,13)9-3-2-8-6(5-9)4-7(10)11/h6,8H,2-5H2,1H3,(H,10,11). The number of nitrogens with zero attached hydrogens (tertiary/aromatic N) is 1. The van der Waals surface area contributed by atoms with Crippen LogP contribution in [0.5, 0.6) is 0 Å². The Morgan fingerprint density at radius 2 is 2.29 bits per heavy atom. The molecule has 1 heterocycles. The molecule has 0 radical (unpaired) electrons. The molecule has 1 fully saturated rings. The van der Waals surface area contributed by atoms with Crippen molar-refractivity contribution < 1.29 is 18.3 Å². The molecule has 1 rings (SSSR count). The highest BCUT2D eigenvalue weighted by atomic mass is 32.2. The number of nitrogens with one attached hydrogen (secondary N) is 1. The molecule has 1 atom stereocenters. The van der Waals surface area contributed by atoms with Crippen LogP contribution in [0.2, 0.25) is 0 Å². The van der Waals surface area contributed by atoms with Gasteiger partial charge in [-0.15, -0.1) is 0 Å². The van der Waals surface area contributed by atoms with Crippen molar-refractivity contribution in [3.63, 3.8) is 0 Å². The van der Waals surface area contributed by atoms with Gasteiger partial charge in [0.15, 0.2) is 0 Å². The molecular formula is C7H14N2O4S. The van der Waals surface area contributed by atoms with Crippen LogP contribution in [0.1, 0.15) is 6.42 Å². The summed E-state index contributed by atoms with van der Waals surface area (Å²) in [6.45, 7) is 1.16. The van der Waals surface area contributed by atoms with Crippen LogP contribution in [-0.4, -0.2) is 55.7 Å². The van der Waals surface area contributed by atoms with Crippen molar-refractivity contribution in [1.29, 1.82) is 0 Å². The van der Waals surface area contributed by atoms with E-state index >= 15 is 0 Å². The molecule has 7 heteroatoms. The first kappa shape index (κ1) is 11.4. The fourth-order valence-electron chi connectivity index (χ4n) is 1.44. The molecule has 1 aliphatic rings. The highest BCUT2D eigenvalue weighted by Gasteiger charge is 2.26. The maximum atomic E-state index is 11.2. The third kappa shape index (κ3) is 3.24. The van der Waals surface area contributed by atoms with E-state index in [1.54, 1.807) is 0 Å². The van der Waals surface area contributed by atoms with Crippen LogP contribution in [0.25, 0.3) is 0 Å². The number of hydrogen-bond acceptors (Lipinski definition) is 4. The van der Waals surface area contributed by atoms with E-state index in [0.29, 0.717) is 13.1 Å². The molecule has 0 amide bonds. The van der Waals surface area contributed by atoms with Gasteiger partial charge in [-0.3, -0.25) is 4.79 Å². The van der Waals surface area contributed by atoms with Gasteiger partial charge in [-0.25, -0.2) is 8.42 Å². The summed E-state index contributed by atoms with van der Waals surface area (Å²) in [5.74, 6) is -0.919. The maximum absolute atomic E-state index is 11.2. The zero-order valence-corrected chi connectivity index (χ0v) is 8.75. The monoisotopic (exact) mass is 222 g/mol. The molecule has 0 aliphatic carbocycles. The molecule has 0 spiro atoms. The number of carboxylic acid groups (broad SMARTS) is 1. The lowest BCUT2D eigenvalue weighted by atomic mass is 10.2. The van der Waals surface area contributed by atoms with E-state index in [0.717, 1.165) is 6.26 Å². The largest absolute Gasteiger partial charge is 0.481 e. The normalized spacial score (nSPS) is 24.8. The zero-order chi connectivity index (χ0) is 10.8. The van der Waals surface area contributed by atoms with Crippen LogP contribution in [0, 0.1) is 0 Å². The molecule has 82 valence electrons. The summed E-state index contributed by atoms with van der Waals surface area (Å²) in [6.07, 6.45) is 1.09. The number of sulfonamides is 1. The summed E-state index contributed by atoms with van der Waals surface area (Å²) >= 11 is 0. The van der Waals surface area contributed by atoms with Crippen molar-refractivity contribution >= 4 is 16.0 Å². The Labute approximate surface area is 82.9 Å². The molecule has 2 N–H and O–H groups in total. The van der Waals surface area contributed by atoms with Crippen molar-refractivity contribution in [1.82, 2.24) is 9.62 Å². The molecule has 1 saturated heterocycles. The SMILES string of the molecule is CS(=O)(=O)N1CCNC(CC(=O)O)C1. The van der Waals surface area contributed by atoms with Crippen LogP contribution >= 0.6 is 0 Å². The predicted octanol–water partition coefficient (Wildman–Crippen LogP) is -1.31. The van der Waals surface area contributed by atoms with Gasteiger partial charge in [0, 0.05) is 25.7 Å². The Kier molecular flexibility index (Phi) is 3.46. The van der Waals surface area contributed by atoms with Crippen LogP contribution in [0.4, 0.5) is 0 Å². The van der Waals surface area contributed by atoms with Crippen molar-refractivity contribution in [3.8, 4) is 0 Å². The first-order valence-electron chi connectivity index (χ1n) is 4.30. The fraction of sp³-hybridized carbons (Fsp3) is 0.857. The second-order valence-electron chi connectivity index (χ2n) is 3.37. The molecule has 6 nitrogen and oxygen atoms in total. The van der Waals surface area contributed by atoms with Gasteiger partial charge in [0.05, 0.1) is 12.7 Å². The molecule has 0 aromatic rings. The van der Waals surface area contributed by atoms with Gasteiger partial charge in [0.25, 0.3) is 0 Å². The Morgan fingerprint density at radius 3 is 2.79 bits per heavy atom. The highest BCUT2D eigenvalue weighted by Crippen LogP contribution is 2.06. The van der Waals surface area contributed by atoms with Gasteiger partial charge in [-0.05, 0) is 0 Å². The van der Waals surface area contributed by atoms with Crippen LogP contribution in [0.3, 0.4) is 0 Å². The molecule has 0 bridgehead atoms. The third-order valence-corrected chi connectivity index (χ3v) is 3.38. The number of carbonyl (C=O) groups is 1. The lowest BCUT2D eigenvalue weighted by molar-refractivity contribution is -0.137. The van der Waals surface area contributed by atoms with Gasteiger partial charge < -0.3 is 10.4 Å². The maximum Gasteiger partial charge on any atom is 0.304 e. The van der Waals surface area contributed by atoms with Crippen molar-refractivity contribution in [2.45, 2.75) is 12.5 Å². The van der Waals surface area contributed by atoms with Crippen LogP contribution in [0.15, 0.2) is 0 Å². The minimum absolute atomic E-state index is 0.0496. The highest BCUT2D eigenvalue weighted by molar-refractivity contribution is 7.88. The van der Waals surface area contributed by atoms with E-state index in [9.17, 15) is 13.2 Å². The van der Waals surface area contributed by atoms with Crippen molar-refractivity contribution in [2.75, 3.05) is 25.9 Å². The fourth-order valence-corrected chi connectivity index (χ4v) is 2.32. The molecule has 14 heavy (non-hydrogen) atoms. The Bertz CT molecular complexity index is 314. The lowest BCUT2D eigenvalue weighted by Gasteiger charge is -2.31. The average Bonchev–Trinajstić information content (AvgIpc) is 2.01. The first-order chi connectivity index (χ1) is 6.39. The summed E-state index contributed by atoms with van der Waals surface area (Å²) < 4.78 is 23.6. The van der Waals surface area contributed by atoms with Crippen LogP contribution < -0.4 is 5.32 Å². The number of hydrogen-bond donors (Lipinski definition) is 2. The quantitative estimate of drug-likeness (QED) is 0.619. The summed E-state index contributed by atoms with van der Waals surface area (Å²) in [5, 5.41) is 11.5. The van der Waals surface area contributed by atoms with Crippen LogP contribution in [-0.2, 0) is 14.8 Å². The number of carboxylic acids is 1. The smallest absolute Gasteiger partial charge is 0.304 e. The Hall–Kier alpha value is -0.660. The lowest BCUT2D eigenvalue weighted by Crippen LogP contribution is -2.52. The summed E-state index contributed by atoms with van der Waals surface area (Å²) in [5.41, 5.74) is 0. The minimum atomic E-state index is -3.19. The predicted molar refractivity (Wildman–Crippen MR) is 50.5 cm³/mol. The number of rotatable bonds is 3. The van der Waals surface area contributed by atoms with Gasteiger partial charge in [-0.1, -0.05) is 0 Å². The van der Waals surface area contributed by atoms with Gasteiger partial charge in [-0.2, -0.15) is 4.31 Å². The first-order valence-corrected chi connectivity index (χ1v) is 6.14. The van der Waals surface area contributed by atoms with Crippen molar-refractivity contribution in [2.24, 2.45) is 0 Å². The molecule has 0 aromatic heterocycles. The van der Waals surface area contributed by atoms with E-state index in [2.05, 4.69) is 5.32 Å². The van der Waals surface area contributed by atoms with E-state index in [1.165, 1.54) is 4.31 Å². The third-order valence-electron chi connectivity index (χ3n) is 2.11. The zero-order valence-electron chi connectivity index (χ0n) is 7.93. The summed E-state index contributed by atoms with van der Waals surface area (Å²) in [6, 6.07) is -0.282. The van der Waals surface area contributed by atoms with Gasteiger partial charge >= 0.3 is 5.97 Å². The second kappa shape index (κ2) is 4.24. The molecule has 0 aromatic carbocycles. The Morgan fingerprint density at radius 1 is 1.64 bits per heavy atom.